The van der Waals surface area contributed by atoms with Crippen LogP contribution in [-0.4, -0.2) is 17.1 Å². The van der Waals surface area contributed by atoms with E-state index in [4.69, 9.17) is 4.74 Å². The standard InChI is InChI=1S/C15H11N3OS3/c1-19-10-4-2-5-12-13(10)17-15(22-12)18-14-16-9(8-21-14)11-6-3-7-20-11/h2-8H,1H3,(H,16,17,18). The fourth-order valence-corrected chi connectivity index (χ4v) is 4.52. The van der Waals surface area contributed by atoms with Crippen molar-refractivity contribution in [2.45, 2.75) is 0 Å². The zero-order valence-corrected chi connectivity index (χ0v) is 14.0. The highest BCUT2D eigenvalue weighted by molar-refractivity contribution is 7.22. The summed E-state index contributed by atoms with van der Waals surface area (Å²) in [5, 5.41) is 9.08. The van der Waals surface area contributed by atoms with Gasteiger partial charge in [0.25, 0.3) is 0 Å². The molecule has 7 heteroatoms. The van der Waals surface area contributed by atoms with Gasteiger partial charge in [0.05, 0.1) is 22.4 Å². The monoisotopic (exact) mass is 345 g/mol. The van der Waals surface area contributed by atoms with Gasteiger partial charge in [-0.25, -0.2) is 9.97 Å². The number of thiazole rings is 2. The Morgan fingerprint density at radius 3 is 2.82 bits per heavy atom. The first-order chi connectivity index (χ1) is 10.8. The van der Waals surface area contributed by atoms with Crippen LogP contribution in [0.25, 0.3) is 20.8 Å². The van der Waals surface area contributed by atoms with Gasteiger partial charge in [-0.2, -0.15) is 0 Å². The number of para-hydroxylation sites is 1. The summed E-state index contributed by atoms with van der Waals surface area (Å²) in [4.78, 5) is 10.4. The number of ether oxygens (including phenoxy) is 1. The van der Waals surface area contributed by atoms with Gasteiger partial charge in [0, 0.05) is 5.38 Å². The third kappa shape index (κ3) is 2.47. The summed E-state index contributed by atoms with van der Waals surface area (Å²) in [7, 11) is 1.66. The number of thiophene rings is 1. The van der Waals surface area contributed by atoms with Crippen molar-refractivity contribution in [3.8, 4) is 16.3 Å². The van der Waals surface area contributed by atoms with Crippen molar-refractivity contribution >= 4 is 54.5 Å². The van der Waals surface area contributed by atoms with Crippen molar-refractivity contribution in [1.29, 1.82) is 0 Å². The molecule has 0 saturated carbocycles. The molecule has 0 spiro atoms. The van der Waals surface area contributed by atoms with E-state index < -0.39 is 0 Å². The van der Waals surface area contributed by atoms with E-state index >= 15 is 0 Å². The fourth-order valence-electron chi connectivity index (χ4n) is 2.10. The number of fused-ring (bicyclic) bond motifs is 1. The first-order valence-corrected chi connectivity index (χ1v) is 9.11. The lowest BCUT2D eigenvalue weighted by molar-refractivity contribution is 0.419. The normalized spacial score (nSPS) is 11.0. The number of anilines is 2. The van der Waals surface area contributed by atoms with Gasteiger partial charge in [0.15, 0.2) is 10.3 Å². The van der Waals surface area contributed by atoms with Crippen molar-refractivity contribution < 1.29 is 4.74 Å². The molecule has 4 aromatic rings. The molecular formula is C15H11N3OS3. The largest absolute Gasteiger partial charge is 0.494 e. The molecule has 0 aliphatic carbocycles. The van der Waals surface area contributed by atoms with E-state index in [2.05, 4.69) is 32.1 Å². The Morgan fingerprint density at radius 2 is 2.00 bits per heavy atom. The number of benzene rings is 1. The van der Waals surface area contributed by atoms with E-state index in [0.29, 0.717) is 0 Å². The van der Waals surface area contributed by atoms with Crippen LogP contribution in [0.1, 0.15) is 0 Å². The van der Waals surface area contributed by atoms with Gasteiger partial charge in [0.1, 0.15) is 11.3 Å². The Hall–Kier alpha value is -1.96. The van der Waals surface area contributed by atoms with Gasteiger partial charge >= 0.3 is 0 Å². The minimum Gasteiger partial charge on any atom is -0.494 e. The van der Waals surface area contributed by atoms with Crippen LogP contribution in [0, 0.1) is 0 Å². The average molecular weight is 345 g/mol. The molecule has 0 aliphatic heterocycles. The number of methoxy groups -OCH3 is 1. The van der Waals surface area contributed by atoms with Crippen LogP contribution in [0.15, 0.2) is 41.1 Å². The molecule has 0 radical (unpaired) electrons. The van der Waals surface area contributed by atoms with Gasteiger partial charge in [-0.3, -0.25) is 0 Å². The number of nitrogens with one attached hydrogen (secondary N) is 1. The number of hydrogen-bond donors (Lipinski definition) is 1. The summed E-state index contributed by atoms with van der Waals surface area (Å²) >= 11 is 4.87. The lowest BCUT2D eigenvalue weighted by Crippen LogP contribution is -1.88. The second kappa shape index (κ2) is 5.68. The molecule has 0 saturated heterocycles. The molecule has 1 N–H and O–H groups in total. The van der Waals surface area contributed by atoms with E-state index in [0.717, 1.165) is 31.9 Å². The quantitative estimate of drug-likeness (QED) is 0.550. The molecule has 0 bridgehead atoms. The highest BCUT2D eigenvalue weighted by Gasteiger charge is 2.11. The Bertz CT molecular complexity index is 911. The Labute approximate surface area is 139 Å². The van der Waals surface area contributed by atoms with Crippen LogP contribution >= 0.6 is 34.0 Å². The molecule has 3 heterocycles. The van der Waals surface area contributed by atoms with Gasteiger partial charge in [0.2, 0.25) is 0 Å². The molecule has 22 heavy (non-hydrogen) atoms. The molecule has 1 aromatic carbocycles. The molecule has 4 rings (SSSR count). The molecular weight excluding hydrogens is 334 g/mol. The number of nitrogens with zero attached hydrogens (tertiary/aromatic N) is 2. The summed E-state index contributed by atoms with van der Waals surface area (Å²) in [6, 6.07) is 10.0. The second-order valence-corrected chi connectivity index (χ2v) is 7.30. The van der Waals surface area contributed by atoms with E-state index in [1.807, 2.05) is 24.3 Å². The van der Waals surface area contributed by atoms with E-state index in [1.54, 1.807) is 41.1 Å². The third-order valence-electron chi connectivity index (χ3n) is 3.09. The lowest BCUT2D eigenvalue weighted by atomic mass is 10.3. The highest BCUT2D eigenvalue weighted by atomic mass is 32.1. The predicted molar refractivity (Wildman–Crippen MR) is 94.9 cm³/mol. The lowest BCUT2D eigenvalue weighted by Gasteiger charge is -1.98. The second-order valence-electron chi connectivity index (χ2n) is 4.47. The van der Waals surface area contributed by atoms with Gasteiger partial charge in [-0.15, -0.1) is 22.7 Å². The van der Waals surface area contributed by atoms with Crippen molar-refractivity contribution in [3.63, 3.8) is 0 Å². The zero-order chi connectivity index (χ0) is 14.9. The topological polar surface area (TPSA) is 47.0 Å². The summed E-state index contributed by atoms with van der Waals surface area (Å²) in [6.45, 7) is 0. The summed E-state index contributed by atoms with van der Waals surface area (Å²) in [6.07, 6.45) is 0. The summed E-state index contributed by atoms with van der Waals surface area (Å²) in [5.41, 5.74) is 1.88. The average Bonchev–Trinajstić information content (AvgIpc) is 3.26. The third-order valence-corrected chi connectivity index (χ3v) is 5.68. The van der Waals surface area contributed by atoms with Crippen LogP contribution in [0.2, 0.25) is 0 Å². The van der Waals surface area contributed by atoms with Crippen molar-refractivity contribution in [2.24, 2.45) is 0 Å². The van der Waals surface area contributed by atoms with Crippen molar-refractivity contribution in [2.75, 3.05) is 12.4 Å². The Balaban J connectivity index is 1.64. The first-order valence-electron chi connectivity index (χ1n) is 6.53. The van der Waals surface area contributed by atoms with Crippen LogP contribution < -0.4 is 10.1 Å². The van der Waals surface area contributed by atoms with Crippen LogP contribution in [0.5, 0.6) is 5.75 Å². The van der Waals surface area contributed by atoms with Gasteiger partial charge in [-0.05, 0) is 23.6 Å². The summed E-state index contributed by atoms with van der Waals surface area (Å²) in [5.74, 6) is 0.792. The van der Waals surface area contributed by atoms with Gasteiger partial charge < -0.3 is 10.1 Å². The SMILES string of the molecule is COc1cccc2sc(Nc3nc(-c4cccs4)cs3)nc12. The maximum absolute atomic E-state index is 5.35. The Kier molecular flexibility index (Phi) is 3.53. The Morgan fingerprint density at radius 1 is 1.05 bits per heavy atom. The molecule has 4 nitrogen and oxygen atoms in total. The van der Waals surface area contributed by atoms with E-state index in [-0.39, 0.29) is 0 Å². The van der Waals surface area contributed by atoms with Crippen LogP contribution in [-0.2, 0) is 0 Å². The minimum absolute atomic E-state index is 0.792. The molecule has 0 fully saturated rings. The van der Waals surface area contributed by atoms with Gasteiger partial charge in [-0.1, -0.05) is 23.5 Å². The van der Waals surface area contributed by atoms with Crippen molar-refractivity contribution in [3.05, 3.63) is 41.1 Å². The van der Waals surface area contributed by atoms with E-state index in [1.165, 1.54) is 4.88 Å². The maximum atomic E-state index is 5.35. The van der Waals surface area contributed by atoms with Crippen molar-refractivity contribution in [1.82, 2.24) is 9.97 Å². The zero-order valence-electron chi connectivity index (χ0n) is 11.6. The maximum Gasteiger partial charge on any atom is 0.190 e. The number of aromatic nitrogens is 2. The van der Waals surface area contributed by atoms with E-state index in [9.17, 15) is 0 Å². The molecule has 0 aliphatic rings. The highest BCUT2D eigenvalue weighted by Crippen LogP contribution is 2.35. The fraction of sp³-hybridized carbons (Fsp3) is 0.0667. The molecule has 3 aromatic heterocycles. The summed E-state index contributed by atoms with van der Waals surface area (Å²) < 4.78 is 6.44. The molecule has 0 amide bonds. The van der Waals surface area contributed by atoms with Crippen LogP contribution in [0.4, 0.5) is 10.3 Å². The number of hydrogen-bond acceptors (Lipinski definition) is 7. The molecule has 0 atom stereocenters. The smallest absolute Gasteiger partial charge is 0.190 e. The molecule has 0 unspecified atom stereocenters. The number of rotatable bonds is 4. The predicted octanol–water partition coefficient (Wildman–Crippen LogP) is 5.23. The first kappa shape index (κ1) is 13.7. The minimum atomic E-state index is 0.792. The molecule has 110 valence electrons. The van der Waals surface area contributed by atoms with Crippen LogP contribution in [0.3, 0.4) is 0 Å².